The van der Waals surface area contributed by atoms with Crippen LogP contribution < -0.4 is 21.3 Å². The van der Waals surface area contributed by atoms with Crippen LogP contribution in [0.25, 0.3) is 0 Å². The third-order valence-electron chi connectivity index (χ3n) is 5.69. The van der Waals surface area contributed by atoms with Crippen molar-refractivity contribution in [2.24, 2.45) is 5.92 Å². The van der Waals surface area contributed by atoms with Crippen molar-refractivity contribution in [2.45, 2.75) is 52.1 Å². The molecule has 0 radical (unpaired) electrons. The van der Waals surface area contributed by atoms with Crippen LogP contribution in [-0.4, -0.2) is 31.3 Å². The second-order valence-corrected chi connectivity index (χ2v) is 9.39. The van der Waals surface area contributed by atoms with Gasteiger partial charge in [-0.15, -0.1) is 0 Å². The lowest BCUT2D eigenvalue weighted by atomic mass is 9.92. The van der Waals surface area contributed by atoms with Crippen LogP contribution in [0.1, 0.15) is 46.5 Å². The average Bonchev–Trinajstić information content (AvgIpc) is 2.72. The smallest absolute Gasteiger partial charge is 0.414 e. The van der Waals surface area contributed by atoms with Crippen LogP contribution in [0, 0.1) is 5.92 Å². The number of benzene rings is 2. The van der Waals surface area contributed by atoms with Crippen molar-refractivity contribution in [3.63, 3.8) is 0 Å². The van der Waals surface area contributed by atoms with Gasteiger partial charge in [0, 0.05) is 42.4 Å². The molecule has 1 amide bonds. The van der Waals surface area contributed by atoms with Gasteiger partial charge in [-0.2, -0.15) is 0 Å². The topological polar surface area (TPSA) is 84.8 Å². The summed E-state index contributed by atoms with van der Waals surface area (Å²) < 4.78 is 5.64. The molecule has 2 aromatic rings. The van der Waals surface area contributed by atoms with Crippen molar-refractivity contribution < 1.29 is 9.53 Å². The van der Waals surface area contributed by atoms with Crippen molar-refractivity contribution in [1.29, 1.82) is 0 Å². The lowest BCUT2D eigenvalue weighted by molar-refractivity contribution is 0.0579. The van der Waals surface area contributed by atoms with Crippen LogP contribution in [-0.2, 0) is 4.74 Å². The zero-order valence-electron chi connectivity index (χ0n) is 19.0. The fourth-order valence-corrected chi connectivity index (χ4v) is 4.00. The molecule has 0 bridgehead atoms. The molecule has 0 saturated carbocycles. The molecule has 4 N–H and O–H groups in total. The first-order valence-electron chi connectivity index (χ1n) is 11.2. The minimum atomic E-state index is -0.530. The Labute approximate surface area is 186 Å². The van der Waals surface area contributed by atoms with Crippen molar-refractivity contribution in [2.75, 3.05) is 40.9 Å². The highest BCUT2D eigenvalue weighted by atomic mass is 16.6. The highest BCUT2D eigenvalue weighted by Gasteiger charge is 2.24. The maximum Gasteiger partial charge on any atom is 0.414 e. The molecule has 168 valence electrons. The van der Waals surface area contributed by atoms with Gasteiger partial charge in [-0.05, 0) is 101 Å². The van der Waals surface area contributed by atoms with E-state index in [2.05, 4.69) is 17.0 Å². The first-order valence-corrected chi connectivity index (χ1v) is 11.2. The number of nitrogens with zero attached hydrogens (tertiary/aromatic N) is 2. The molecule has 1 aliphatic heterocycles. The molecule has 0 aromatic heterocycles. The Balaban J connectivity index is 1.52. The fraction of sp³-hybridized carbons (Fsp3) is 0.480. The number of piperidine rings is 1. The summed E-state index contributed by atoms with van der Waals surface area (Å²) in [6.45, 7) is 8.42. The lowest BCUT2D eigenvalue weighted by Crippen LogP contribution is -2.38. The predicted molar refractivity (Wildman–Crippen MR) is 129 cm³/mol. The Morgan fingerprint density at radius 3 is 2.10 bits per heavy atom. The van der Waals surface area contributed by atoms with E-state index in [1.54, 1.807) is 4.90 Å². The Morgan fingerprint density at radius 2 is 1.55 bits per heavy atom. The summed E-state index contributed by atoms with van der Waals surface area (Å²) in [5, 5.41) is 0. The molecule has 1 heterocycles. The van der Waals surface area contributed by atoms with Gasteiger partial charge in [0.15, 0.2) is 0 Å². The average molecular weight is 425 g/mol. The summed E-state index contributed by atoms with van der Waals surface area (Å²) in [5.74, 6) is 0.678. The van der Waals surface area contributed by atoms with E-state index in [1.165, 1.54) is 18.5 Å². The van der Waals surface area contributed by atoms with E-state index in [9.17, 15) is 4.79 Å². The van der Waals surface area contributed by atoms with Crippen molar-refractivity contribution in [3.8, 4) is 0 Å². The van der Waals surface area contributed by atoms with Crippen molar-refractivity contribution in [3.05, 3.63) is 48.5 Å². The van der Waals surface area contributed by atoms with E-state index < -0.39 is 5.60 Å². The third kappa shape index (κ3) is 6.81. The standard InChI is InChI=1S/C25H36N4O2/c1-25(2,3)31-24(30)29(23-12-8-21(27)9-13-23)16-4-5-19-14-17-28(18-15-19)22-10-6-20(26)7-11-22/h6-13,19H,4-5,14-18,26-27H2,1-3H3. The number of hydrogen-bond acceptors (Lipinski definition) is 5. The number of anilines is 4. The van der Waals surface area contributed by atoms with E-state index in [4.69, 9.17) is 16.2 Å². The molecule has 0 unspecified atom stereocenters. The van der Waals surface area contributed by atoms with Crippen LogP contribution in [0.5, 0.6) is 0 Å². The van der Waals surface area contributed by atoms with Gasteiger partial charge in [0.2, 0.25) is 0 Å². The highest BCUT2D eigenvalue weighted by Crippen LogP contribution is 2.27. The summed E-state index contributed by atoms with van der Waals surface area (Å²) >= 11 is 0. The predicted octanol–water partition coefficient (Wildman–Crippen LogP) is 5.29. The molecular weight excluding hydrogens is 388 g/mol. The van der Waals surface area contributed by atoms with Gasteiger partial charge in [0.1, 0.15) is 5.60 Å². The monoisotopic (exact) mass is 424 g/mol. The van der Waals surface area contributed by atoms with Crippen LogP contribution in [0.15, 0.2) is 48.5 Å². The quantitative estimate of drug-likeness (QED) is 0.616. The largest absolute Gasteiger partial charge is 0.443 e. The van der Waals surface area contributed by atoms with E-state index in [-0.39, 0.29) is 6.09 Å². The summed E-state index contributed by atoms with van der Waals surface area (Å²) in [6, 6.07) is 15.5. The number of amides is 1. The number of nitrogens with two attached hydrogens (primary N) is 2. The zero-order valence-corrected chi connectivity index (χ0v) is 19.0. The fourth-order valence-electron chi connectivity index (χ4n) is 4.00. The van der Waals surface area contributed by atoms with E-state index >= 15 is 0 Å². The van der Waals surface area contributed by atoms with Crippen LogP contribution in [0.4, 0.5) is 27.5 Å². The number of carbonyl (C=O) groups is 1. The van der Waals surface area contributed by atoms with Crippen LogP contribution >= 0.6 is 0 Å². The summed E-state index contributed by atoms with van der Waals surface area (Å²) in [5.41, 5.74) is 14.6. The number of nitrogen functional groups attached to an aromatic ring is 2. The molecule has 1 aliphatic rings. The molecule has 31 heavy (non-hydrogen) atoms. The Hall–Kier alpha value is -2.89. The molecule has 6 heteroatoms. The van der Waals surface area contributed by atoms with Crippen molar-refractivity contribution >= 4 is 28.8 Å². The second-order valence-electron chi connectivity index (χ2n) is 9.39. The normalized spacial score (nSPS) is 15.0. The Bertz CT molecular complexity index is 835. The number of hydrogen-bond donors (Lipinski definition) is 2. The maximum absolute atomic E-state index is 12.8. The molecule has 1 fully saturated rings. The zero-order chi connectivity index (χ0) is 22.4. The van der Waals surface area contributed by atoms with Gasteiger partial charge in [-0.3, -0.25) is 4.90 Å². The molecule has 6 nitrogen and oxygen atoms in total. The molecule has 2 aromatic carbocycles. The first-order chi connectivity index (χ1) is 14.7. The Morgan fingerprint density at radius 1 is 1.00 bits per heavy atom. The van der Waals surface area contributed by atoms with E-state index in [0.717, 1.165) is 37.3 Å². The molecule has 3 rings (SSSR count). The molecule has 0 spiro atoms. The van der Waals surface area contributed by atoms with Gasteiger partial charge in [0.05, 0.1) is 0 Å². The van der Waals surface area contributed by atoms with Gasteiger partial charge >= 0.3 is 6.09 Å². The summed E-state index contributed by atoms with van der Waals surface area (Å²) in [4.78, 5) is 17.0. The second kappa shape index (κ2) is 9.94. The molecule has 0 atom stereocenters. The van der Waals surface area contributed by atoms with Gasteiger partial charge < -0.3 is 21.1 Å². The maximum atomic E-state index is 12.8. The van der Waals surface area contributed by atoms with Crippen molar-refractivity contribution in [1.82, 2.24) is 0 Å². The first kappa shape index (κ1) is 22.8. The highest BCUT2D eigenvalue weighted by molar-refractivity contribution is 5.88. The van der Waals surface area contributed by atoms with Gasteiger partial charge in [-0.1, -0.05) is 0 Å². The number of rotatable bonds is 6. The SMILES string of the molecule is CC(C)(C)OC(=O)N(CCCC1CCN(c2ccc(N)cc2)CC1)c1ccc(N)cc1. The summed E-state index contributed by atoms with van der Waals surface area (Å²) in [6.07, 6.45) is 4.06. The summed E-state index contributed by atoms with van der Waals surface area (Å²) in [7, 11) is 0. The minimum absolute atomic E-state index is 0.310. The molecule has 1 saturated heterocycles. The van der Waals surface area contributed by atoms with Crippen LogP contribution in [0.2, 0.25) is 0 Å². The van der Waals surface area contributed by atoms with E-state index in [0.29, 0.717) is 18.2 Å². The van der Waals surface area contributed by atoms with Gasteiger partial charge in [0.25, 0.3) is 0 Å². The van der Waals surface area contributed by atoms with Gasteiger partial charge in [-0.25, -0.2) is 4.79 Å². The third-order valence-corrected chi connectivity index (χ3v) is 5.69. The molecule has 0 aliphatic carbocycles. The van der Waals surface area contributed by atoms with Crippen LogP contribution in [0.3, 0.4) is 0 Å². The van der Waals surface area contributed by atoms with E-state index in [1.807, 2.05) is 57.2 Å². The molecular formula is C25H36N4O2. The lowest BCUT2D eigenvalue weighted by Gasteiger charge is -2.34. The number of ether oxygens (including phenoxy) is 1. The minimum Gasteiger partial charge on any atom is -0.443 e. The number of carbonyl (C=O) groups excluding carboxylic acids is 1. The Kier molecular flexibility index (Phi) is 7.31.